The number of hydrogen-bond acceptors (Lipinski definition) is 3. The first-order chi connectivity index (χ1) is 9.45. The van der Waals surface area contributed by atoms with E-state index in [1.807, 2.05) is 0 Å². The van der Waals surface area contributed by atoms with Crippen molar-refractivity contribution in [2.45, 2.75) is 6.54 Å². The fourth-order valence-electron chi connectivity index (χ4n) is 1.73. The first-order valence-electron chi connectivity index (χ1n) is 5.58. The highest BCUT2D eigenvalue weighted by molar-refractivity contribution is 5.47. The van der Waals surface area contributed by atoms with E-state index in [2.05, 4.69) is 5.32 Å². The minimum absolute atomic E-state index is 0.0830. The van der Waals surface area contributed by atoms with E-state index < -0.39 is 22.4 Å². The molecule has 2 aromatic rings. The molecule has 0 aliphatic heterocycles. The maximum absolute atomic E-state index is 13.1. The number of hydrogen-bond donors (Lipinski definition) is 1. The van der Waals surface area contributed by atoms with Crippen LogP contribution in [-0.2, 0) is 6.54 Å². The lowest BCUT2D eigenvalue weighted by atomic mass is 10.1. The van der Waals surface area contributed by atoms with Crippen LogP contribution in [0, 0.1) is 27.6 Å². The molecule has 0 unspecified atom stereocenters. The summed E-state index contributed by atoms with van der Waals surface area (Å²) in [4.78, 5) is 10.1. The van der Waals surface area contributed by atoms with Gasteiger partial charge >= 0.3 is 0 Å². The number of anilines is 1. The maximum Gasteiger partial charge on any atom is 0.274 e. The second kappa shape index (κ2) is 5.60. The highest BCUT2D eigenvalue weighted by Gasteiger charge is 2.14. The Balaban J connectivity index is 2.22. The van der Waals surface area contributed by atoms with E-state index in [1.165, 1.54) is 0 Å². The van der Waals surface area contributed by atoms with Gasteiger partial charge in [0.15, 0.2) is 0 Å². The van der Waals surface area contributed by atoms with Crippen LogP contribution in [0.3, 0.4) is 0 Å². The number of halogens is 3. The van der Waals surface area contributed by atoms with Crippen molar-refractivity contribution in [3.05, 3.63) is 69.5 Å². The van der Waals surface area contributed by atoms with Crippen LogP contribution in [-0.4, -0.2) is 4.92 Å². The molecule has 0 fully saturated rings. The number of nitro benzene ring substituents is 1. The Morgan fingerprint density at radius 2 is 1.65 bits per heavy atom. The smallest absolute Gasteiger partial charge is 0.274 e. The molecule has 2 aromatic carbocycles. The van der Waals surface area contributed by atoms with Crippen LogP contribution >= 0.6 is 0 Å². The van der Waals surface area contributed by atoms with Crippen LogP contribution in [0.15, 0.2) is 36.4 Å². The molecule has 0 aromatic heterocycles. The van der Waals surface area contributed by atoms with Crippen LogP contribution in [0.1, 0.15) is 5.56 Å². The van der Waals surface area contributed by atoms with Crippen LogP contribution in [0.5, 0.6) is 0 Å². The Morgan fingerprint density at radius 1 is 1.00 bits per heavy atom. The molecule has 0 saturated carbocycles. The SMILES string of the molecule is O=[N+]([O-])c1ccc(F)cc1CNc1cc(F)cc(F)c1. The van der Waals surface area contributed by atoms with E-state index in [4.69, 9.17) is 0 Å². The molecule has 0 bridgehead atoms. The van der Waals surface area contributed by atoms with Crippen molar-refractivity contribution in [2.24, 2.45) is 0 Å². The Hall–Kier alpha value is -2.57. The van der Waals surface area contributed by atoms with Crippen molar-refractivity contribution in [3.63, 3.8) is 0 Å². The highest BCUT2D eigenvalue weighted by atomic mass is 19.1. The van der Waals surface area contributed by atoms with E-state index in [9.17, 15) is 23.3 Å². The molecule has 7 heteroatoms. The lowest BCUT2D eigenvalue weighted by Gasteiger charge is -2.07. The zero-order chi connectivity index (χ0) is 14.7. The summed E-state index contributed by atoms with van der Waals surface area (Å²) >= 11 is 0. The lowest BCUT2D eigenvalue weighted by molar-refractivity contribution is -0.385. The molecule has 0 atom stereocenters. The number of rotatable bonds is 4. The zero-order valence-corrected chi connectivity index (χ0v) is 10.1. The van der Waals surface area contributed by atoms with Gasteiger partial charge in [-0.3, -0.25) is 10.1 Å². The summed E-state index contributed by atoms with van der Waals surface area (Å²) in [6.45, 7) is -0.128. The van der Waals surface area contributed by atoms with Gasteiger partial charge in [0.25, 0.3) is 5.69 Å². The Labute approximate surface area is 112 Å². The fraction of sp³-hybridized carbons (Fsp3) is 0.0769. The van der Waals surface area contributed by atoms with E-state index in [0.29, 0.717) is 6.07 Å². The minimum atomic E-state index is -0.777. The molecule has 0 aliphatic carbocycles. The quantitative estimate of drug-likeness (QED) is 0.688. The van der Waals surface area contributed by atoms with E-state index in [1.54, 1.807) is 0 Å². The molecule has 0 radical (unpaired) electrons. The molecular formula is C13H9F3N2O2. The van der Waals surface area contributed by atoms with Crippen molar-refractivity contribution in [3.8, 4) is 0 Å². The molecule has 104 valence electrons. The van der Waals surface area contributed by atoms with Gasteiger partial charge in [-0.05, 0) is 24.3 Å². The predicted molar refractivity (Wildman–Crippen MR) is 66.7 cm³/mol. The molecular weight excluding hydrogens is 273 g/mol. The summed E-state index contributed by atoms with van der Waals surface area (Å²) in [5, 5.41) is 13.4. The number of nitrogens with one attached hydrogen (secondary N) is 1. The number of benzene rings is 2. The Morgan fingerprint density at radius 3 is 2.25 bits per heavy atom. The summed E-state index contributed by atoms with van der Waals surface area (Å²) in [7, 11) is 0. The van der Waals surface area contributed by atoms with Crippen molar-refractivity contribution in [1.29, 1.82) is 0 Å². The largest absolute Gasteiger partial charge is 0.381 e. The molecule has 0 amide bonds. The average Bonchev–Trinajstić information content (AvgIpc) is 2.35. The van der Waals surface area contributed by atoms with Gasteiger partial charge in [-0.25, -0.2) is 13.2 Å². The Kier molecular flexibility index (Phi) is 3.88. The van der Waals surface area contributed by atoms with Gasteiger partial charge in [0.05, 0.1) is 10.5 Å². The molecule has 0 spiro atoms. The maximum atomic E-state index is 13.1. The normalized spacial score (nSPS) is 10.3. The van der Waals surface area contributed by atoms with E-state index >= 15 is 0 Å². The van der Waals surface area contributed by atoms with Gasteiger partial charge in [0, 0.05) is 24.4 Å². The van der Waals surface area contributed by atoms with Gasteiger partial charge in [-0.1, -0.05) is 0 Å². The fourth-order valence-corrected chi connectivity index (χ4v) is 1.73. The minimum Gasteiger partial charge on any atom is -0.381 e. The zero-order valence-electron chi connectivity index (χ0n) is 10.1. The average molecular weight is 282 g/mol. The van der Waals surface area contributed by atoms with Crippen LogP contribution in [0.4, 0.5) is 24.5 Å². The van der Waals surface area contributed by atoms with E-state index in [-0.39, 0.29) is 23.5 Å². The third kappa shape index (κ3) is 3.25. The van der Waals surface area contributed by atoms with Crippen molar-refractivity contribution < 1.29 is 18.1 Å². The molecule has 0 saturated heterocycles. The lowest BCUT2D eigenvalue weighted by Crippen LogP contribution is -2.04. The third-order valence-corrected chi connectivity index (χ3v) is 2.58. The summed E-state index contributed by atoms with van der Waals surface area (Å²) in [6, 6.07) is 5.79. The second-order valence-electron chi connectivity index (χ2n) is 4.04. The second-order valence-corrected chi connectivity index (χ2v) is 4.04. The summed E-state index contributed by atoms with van der Waals surface area (Å²) in [5.41, 5.74) is -0.0727. The molecule has 0 heterocycles. The topological polar surface area (TPSA) is 55.2 Å². The molecule has 4 nitrogen and oxygen atoms in total. The first kappa shape index (κ1) is 13.9. The van der Waals surface area contributed by atoms with E-state index in [0.717, 1.165) is 30.3 Å². The molecule has 20 heavy (non-hydrogen) atoms. The van der Waals surface area contributed by atoms with Gasteiger partial charge in [0.1, 0.15) is 17.5 Å². The molecule has 0 aliphatic rings. The third-order valence-electron chi connectivity index (χ3n) is 2.58. The monoisotopic (exact) mass is 282 g/mol. The van der Waals surface area contributed by atoms with Crippen LogP contribution in [0.25, 0.3) is 0 Å². The van der Waals surface area contributed by atoms with Gasteiger partial charge in [-0.2, -0.15) is 0 Å². The predicted octanol–water partition coefficient (Wildman–Crippen LogP) is 3.62. The van der Waals surface area contributed by atoms with Crippen molar-refractivity contribution >= 4 is 11.4 Å². The first-order valence-corrected chi connectivity index (χ1v) is 5.58. The Bertz CT molecular complexity index is 642. The van der Waals surface area contributed by atoms with Crippen LogP contribution < -0.4 is 5.32 Å². The summed E-state index contributed by atoms with van der Waals surface area (Å²) in [6.07, 6.45) is 0. The highest BCUT2D eigenvalue weighted by Crippen LogP contribution is 2.21. The van der Waals surface area contributed by atoms with Gasteiger partial charge < -0.3 is 5.32 Å². The van der Waals surface area contributed by atoms with Gasteiger partial charge in [0.2, 0.25) is 0 Å². The van der Waals surface area contributed by atoms with Crippen molar-refractivity contribution in [2.75, 3.05) is 5.32 Å². The number of nitro groups is 1. The van der Waals surface area contributed by atoms with Crippen molar-refractivity contribution in [1.82, 2.24) is 0 Å². The number of nitrogens with zero attached hydrogens (tertiary/aromatic N) is 1. The van der Waals surface area contributed by atoms with Gasteiger partial charge in [-0.15, -0.1) is 0 Å². The van der Waals surface area contributed by atoms with Crippen LogP contribution in [0.2, 0.25) is 0 Å². The summed E-state index contributed by atoms with van der Waals surface area (Å²) < 4.78 is 39.0. The summed E-state index contributed by atoms with van der Waals surface area (Å²) in [5.74, 6) is -2.18. The molecule has 2 rings (SSSR count). The molecule has 1 N–H and O–H groups in total. The standard InChI is InChI=1S/C13H9F3N2O2/c14-9-1-2-13(18(19)20)8(3-9)7-17-12-5-10(15)4-11(16)6-12/h1-6,17H,7H2.